The molecule has 0 saturated carbocycles. The zero-order valence-electron chi connectivity index (χ0n) is 7.47. The number of imidazole rings is 1. The summed E-state index contributed by atoms with van der Waals surface area (Å²) in [4.78, 5) is 15.0. The van der Waals surface area contributed by atoms with E-state index >= 15 is 0 Å². The second kappa shape index (κ2) is 3.67. The van der Waals surface area contributed by atoms with E-state index in [0.717, 1.165) is 0 Å². The second-order valence-corrected chi connectivity index (χ2v) is 3.94. The van der Waals surface area contributed by atoms with E-state index in [4.69, 9.17) is 0 Å². The number of rotatable bonds is 2. The Balaban J connectivity index is 2.46. The van der Waals surface area contributed by atoms with Gasteiger partial charge in [-0.25, -0.2) is 15.0 Å². The van der Waals surface area contributed by atoms with Crippen LogP contribution in [0.4, 0.5) is 0 Å². The standard InChI is InChI=1S/C8H8N4OS/c1-14(13)6-2-3-9-8(12-6)7-10-4-5-11-7/h2-5H,1H3,(H,10,11). The Morgan fingerprint density at radius 3 is 2.86 bits per heavy atom. The first-order valence-electron chi connectivity index (χ1n) is 3.93. The highest BCUT2D eigenvalue weighted by Crippen LogP contribution is 2.09. The third-order valence-corrected chi connectivity index (χ3v) is 2.45. The van der Waals surface area contributed by atoms with Gasteiger partial charge in [0.15, 0.2) is 11.6 Å². The third-order valence-electron chi connectivity index (χ3n) is 1.63. The van der Waals surface area contributed by atoms with Gasteiger partial charge in [-0.05, 0) is 6.07 Å². The summed E-state index contributed by atoms with van der Waals surface area (Å²) in [7, 11) is -1.09. The van der Waals surface area contributed by atoms with Crippen LogP contribution in [0, 0.1) is 0 Å². The van der Waals surface area contributed by atoms with Gasteiger partial charge in [0.05, 0.1) is 10.8 Å². The Labute approximate surface area is 83.1 Å². The number of nitrogens with zero attached hydrogens (tertiary/aromatic N) is 3. The maximum absolute atomic E-state index is 11.2. The van der Waals surface area contributed by atoms with Gasteiger partial charge in [0, 0.05) is 24.8 Å². The number of hydrogen-bond donors (Lipinski definition) is 1. The molecule has 2 aromatic heterocycles. The van der Waals surface area contributed by atoms with Crippen LogP contribution in [0.25, 0.3) is 11.6 Å². The number of aromatic amines is 1. The van der Waals surface area contributed by atoms with Crippen LogP contribution in [0.5, 0.6) is 0 Å². The Morgan fingerprint density at radius 2 is 2.21 bits per heavy atom. The van der Waals surface area contributed by atoms with Crippen molar-refractivity contribution in [1.29, 1.82) is 0 Å². The normalized spacial score (nSPS) is 12.6. The summed E-state index contributed by atoms with van der Waals surface area (Å²) in [5.74, 6) is 1.04. The lowest BCUT2D eigenvalue weighted by molar-refractivity contribution is 0.684. The zero-order valence-corrected chi connectivity index (χ0v) is 8.28. The minimum atomic E-state index is -1.09. The lowest BCUT2D eigenvalue weighted by atomic mass is 10.5. The van der Waals surface area contributed by atoms with Crippen molar-refractivity contribution in [1.82, 2.24) is 19.9 Å². The number of nitrogens with one attached hydrogen (secondary N) is 1. The molecule has 2 rings (SSSR count). The number of H-pyrrole nitrogens is 1. The first-order chi connectivity index (χ1) is 6.77. The van der Waals surface area contributed by atoms with E-state index in [1.807, 2.05) is 0 Å². The summed E-state index contributed by atoms with van der Waals surface area (Å²) in [6.07, 6.45) is 6.46. The molecule has 0 aliphatic heterocycles. The highest BCUT2D eigenvalue weighted by atomic mass is 32.2. The summed E-state index contributed by atoms with van der Waals surface area (Å²) < 4.78 is 11.2. The molecule has 0 bridgehead atoms. The van der Waals surface area contributed by atoms with Crippen LogP contribution in [0.3, 0.4) is 0 Å². The van der Waals surface area contributed by atoms with E-state index in [-0.39, 0.29) is 0 Å². The Hall–Kier alpha value is -1.56. The molecule has 0 aliphatic rings. The first kappa shape index (κ1) is 9.01. The minimum Gasteiger partial charge on any atom is -0.342 e. The molecule has 2 heterocycles. The largest absolute Gasteiger partial charge is 0.342 e. The summed E-state index contributed by atoms with van der Waals surface area (Å²) in [5.41, 5.74) is 0. The average Bonchev–Trinajstić information content (AvgIpc) is 2.71. The van der Waals surface area contributed by atoms with Gasteiger partial charge in [-0.15, -0.1) is 0 Å². The van der Waals surface area contributed by atoms with Crippen LogP contribution in [0.15, 0.2) is 29.7 Å². The fraction of sp³-hybridized carbons (Fsp3) is 0.125. The van der Waals surface area contributed by atoms with Gasteiger partial charge in [-0.3, -0.25) is 4.21 Å². The fourth-order valence-electron chi connectivity index (χ4n) is 1.00. The van der Waals surface area contributed by atoms with Crippen molar-refractivity contribution >= 4 is 10.8 Å². The van der Waals surface area contributed by atoms with Crippen LogP contribution in [0.1, 0.15) is 0 Å². The van der Waals surface area contributed by atoms with E-state index in [1.54, 1.807) is 30.9 Å². The lowest BCUT2D eigenvalue weighted by Crippen LogP contribution is -1.97. The van der Waals surface area contributed by atoms with Crippen molar-refractivity contribution in [2.45, 2.75) is 5.03 Å². The third kappa shape index (κ3) is 1.69. The SMILES string of the molecule is CS(=O)c1ccnc(-c2ncc[nH]2)n1. The number of hydrogen-bond acceptors (Lipinski definition) is 4. The number of aromatic nitrogens is 4. The van der Waals surface area contributed by atoms with Gasteiger partial charge >= 0.3 is 0 Å². The highest BCUT2D eigenvalue weighted by molar-refractivity contribution is 7.84. The monoisotopic (exact) mass is 208 g/mol. The molecule has 1 N–H and O–H groups in total. The molecule has 6 heteroatoms. The average molecular weight is 208 g/mol. The zero-order chi connectivity index (χ0) is 9.97. The van der Waals surface area contributed by atoms with Crippen molar-refractivity contribution in [2.24, 2.45) is 0 Å². The molecule has 72 valence electrons. The topological polar surface area (TPSA) is 71.5 Å². The molecule has 1 atom stereocenters. The molecule has 0 aromatic carbocycles. The van der Waals surface area contributed by atoms with Gasteiger partial charge in [-0.1, -0.05) is 0 Å². The van der Waals surface area contributed by atoms with Gasteiger partial charge < -0.3 is 4.98 Å². The van der Waals surface area contributed by atoms with Crippen LogP contribution >= 0.6 is 0 Å². The maximum atomic E-state index is 11.2. The molecular weight excluding hydrogens is 200 g/mol. The quantitative estimate of drug-likeness (QED) is 0.734. The van der Waals surface area contributed by atoms with E-state index in [1.165, 1.54) is 0 Å². The molecule has 5 nitrogen and oxygen atoms in total. The van der Waals surface area contributed by atoms with E-state index in [2.05, 4.69) is 19.9 Å². The minimum absolute atomic E-state index is 0.461. The molecule has 0 radical (unpaired) electrons. The van der Waals surface area contributed by atoms with E-state index in [0.29, 0.717) is 16.7 Å². The predicted octanol–water partition coefficient (Wildman–Crippen LogP) is 0.604. The van der Waals surface area contributed by atoms with Crippen molar-refractivity contribution < 1.29 is 4.21 Å². The Bertz CT molecular complexity index is 454. The molecule has 1 unspecified atom stereocenters. The fourth-order valence-corrected chi connectivity index (χ4v) is 1.47. The van der Waals surface area contributed by atoms with Crippen LogP contribution in [0.2, 0.25) is 0 Å². The maximum Gasteiger partial charge on any atom is 0.196 e. The summed E-state index contributed by atoms with van der Waals surface area (Å²) >= 11 is 0. The van der Waals surface area contributed by atoms with Crippen LogP contribution in [-0.4, -0.2) is 30.4 Å². The van der Waals surface area contributed by atoms with Gasteiger partial charge in [0.25, 0.3) is 0 Å². The summed E-state index contributed by atoms with van der Waals surface area (Å²) in [5, 5.41) is 0.506. The van der Waals surface area contributed by atoms with Crippen LogP contribution in [-0.2, 0) is 10.8 Å². The van der Waals surface area contributed by atoms with Crippen LogP contribution < -0.4 is 0 Å². The van der Waals surface area contributed by atoms with Crippen molar-refractivity contribution in [3.05, 3.63) is 24.7 Å². The van der Waals surface area contributed by atoms with Crippen molar-refractivity contribution in [3.63, 3.8) is 0 Å². The smallest absolute Gasteiger partial charge is 0.196 e. The molecule has 0 fully saturated rings. The summed E-state index contributed by atoms with van der Waals surface area (Å²) in [6.45, 7) is 0. The van der Waals surface area contributed by atoms with E-state index in [9.17, 15) is 4.21 Å². The van der Waals surface area contributed by atoms with Crippen molar-refractivity contribution in [3.8, 4) is 11.6 Å². The van der Waals surface area contributed by atoms with Crippen molar-refractivity contribution in [2.75, 3.05) is 6.26 Å². The second-order valence-electron chi connectivity index (χ2n) is 2.61. The Morgan fingerprint density at radius 1 is 1.36 bits per heavy atom. The van der Waals surface area contributed by atoms with Gasteiger partial charge in [0.1, 0.15) is 5.03 Å². The summed E-state index contributed by atoms with van der Waals surface area (Å²) in [6, 6.07) is 1.63. The molecule has 0 amide bonds. The first-order valence-corrected chi connectivity index (χ1v) is 5.49. The van der Waals surface area contributed by atoms with Gasteiger partial charge in [0.2, 0.25) is 0 Å². The lowest BCUT2D eigenvalue weighted by Gasteiger charge is -1.97. The molecule has 0 aliphatic carbocycles. The molecule has 14 heavy (non-hydrogen) atoms. The molecular formula is C8H8N4OS. The highest BCUT2D eigenvalue weighted by Gasteiger charge is 2.05. The predicted molar refractivity (Wildman–Crippen MR) is 51.9 cm³/mol. The van der Waals surface area contributed by atoms with Gasteiger partial charge in [-0.2, -0.15) is 0 Å². The van der Waals surface area contributed by atoms with E-state index < -0.39 is 10.8 Å². The Kier molecular flexibility index (Phi) is 2.36. The molecule has 2 aromatic rings. The molecule has 0 spiro atoms. The molecule has 0 saturated heterocycles.